The van der Waals surface area contributed by atoms with Gasteiger partial charge in [0, 0.05) is 44.6 Å². The first-order chi connectivity index (χ1) is 16.0. The first-order valence-corrected chi connectivity index (χ1v) is 11.6. The van der Waals surface area contributed by atoms with Crippen LogP contribution in [0.3, 0.4) is 0 Å². The lowest BCUT2D eigenvalue weighted by molar-refractivity contribution is -0.0265. The van der Waals surface area contributed by atoms with E-state index in [-0.39, 0.29) is 6.10 Å². The molecular formula is C26H34N6O. The molecule has 3 heterocycles. The van der Waals surface area contributed by atoms with Crippen molar-refractivity contribution in [1.29, 1.82) is 0 Å². The molecule has 0 radical (unpaired) electrons. The van der Waals surface area contributed by atoms with Gasteiger partial charge in [0.05, 0.1) is 11.8 Å². The molecule has 174 valence electrons. The van der Waals surface area contributed by atoms with Crippen molar-refractivity contribution < 1.29 is 4.74 Å². The number of rotatable bonds is 6. The molecule has 4 rings (SSSR count). The van der Waals surface area contributed by atoms with E-state index >= 15 is 0 Å². The highest BCUT2D eigenvalue weighted by Gasteiger charge is 2.27. The second kappa shape index (κ2) is 10.6. The zero-order valence-electron chi connectivity index (χ0n) is 20.0. The van der Waals surface area contributed by atoms with Gasteiger partial charge in [-0.15, -0.1) is 0 Å². The Kier molecular flexibility index (Phi) is 7.40. The molecule has 0 saturated carbocycles. The Balaban J connectivity index is 1.32. The lowest BCUT2D eigenvalue weighted by atomic mass is 9.89. The minimum absolute atomic E-state index is 0.121. The number of ether oxygens (including phenoxy) is 1. The van der Waals surface area contributed by atoms with E-state index in [0.717, 1.165) is 54.7 Å². The summed E-state index contributed by atoms with van der Waals surface area (Å²) in [5, 5.41) is 11.4. The van der Waals surface area contributed by atoms with Gasteiger partial charge >= 0.3 is 0 Å². The molecule has 1 fully saturated rings. The second-order valence-corrected chi connectivity index (χ2v) is 8.77. The van der Waals surface area contributed by atoms with Crippen molar-refractivity contribution in [2.45, 2.75) is 46.3 Å². The largest absolute Gasteiger partial charge is 0.373 e. The van der Waals surface area contributed by atoms with Gasteiger partial charge in [-0.2, -0.15) is 5.10 Å². The molecule has 0 amide bonds. The van der Waals surface area contributed by atoms with E-state index < -0.39 is 0 Å². The van der Waals surface area contributed by atoms with Crippen molar-refractivity contribution in [3.63, 3.8) is 0 Å². The zero-order valence-corrected chi connectivity index (χ0v) is 20.0. The lowest BCUT2D eigenvalue weighted by Gasteiger charge is -2.32. The number of pyridine rings is 1. The van der Waals surface area contributed by atoms with Crippen molar-refractivity contribution in [1.82, 2.24) is 25.4 Å². The summed E-state index contributed by atoms with van der Waals surface area (Å²) in [7, 11) is 1.80. The molecule has 2 N–H and O–H groups in total. The van der Waals surface area contributed by atoms with Crippen molar-refractivity contribution in [2.24, 2.45) is 10.9 Å². The molecule has 2 atom stereocenters. The summed E-state index contributed by atoms with van der Waals surface area (Å²) in [6.07, 6.45) is 4.24. The number of aliphatic imine (C=N–C) groups is 1. The second-order valence-electron chi connectivity index (χ2n) is 8.77. The molecule has 0 aliphatic carbocycles. The van der Waals surface area contributed by atoms with E-state index in [9.17, 15) is 0 Å². The van der Waals surface area contributed by atoms with Crippen LogP contribution in [0.25, 0.3) is 5.82 Å². The molecule has 1 aromatic carbocycles. The zero-order chi connectivity index (χ0) is 23.2. The molecule has 3 aromatic rings. The highest BCUT2D eigenvalue weighted by Crippen LogP contribution is 2.33. The van der Waals surface area contributed by atoms with Gasteiger partial charge in [-0.05, 0) is 56.9 Å². The molecule has 0 spiro atoms. The van der Waals surface area contributed by atoms with Gasteiger partial charge in [-0.1, -0.05) is 35.9 Å². The third kappa shape index (κ3) is 5.79. The van der Waals surface area contributed by atoms with E-state index in [0.29, 0.717) is 12.5 Å². The van der Waals surface area contributed by atoms with Crippen LogP contribution in [0.1, 0.15) is 47.0 Å². The summed E-state index contributed by atoms with van der Waals surface area (Å²) < 4.78 is 8.02. The maximum Gasteiger partial charge on any atom is 0.191 e. The van der Waals surface area contributed by atoms with Gasteiger partial charge in [0.1, 0.15) is 0 Å². The average Bonchev–Trinajstić information content (AvgIpc) is 3.18. The van der Waals surface area contributed by atoms with Gasteiger partial charge in [-0.3, -0.25) is 4.99 Å². The monoisotopic (exact) mass is 446 g/mol. The molecule has 1 aliphatic heterocycles. The SMILES string of the molecule is CN=C(NCc1ccc(-n2nc(C)cc2C)nc1)NCC1CCCOC1c1ccc(C)cc1. The molecule has 2 aromatic heterocycles. The molecule has 7 heteroatoms. The fourth-order valence-corrected chi connectivity index (χ4v) is 4.32. The van der Waals surface area contributed by atoms with Crippen LogP contribution in [-0.2, 0) is 11.3 Å². The van der Waals surface area contributed by atoms with Crippen molar-refractivity contribution in [2.75, 3.05) is 20.2 Å². The van der Waals surface area contributed by atoms with E-state index in [1.54, 1.807) is 7.05 Å². The summed E-state index contributed by atoms with van der Waals surface area (Å²) in [4.78, 5) is 8.98. The molecular weight excluding hydrogens is 412 g/mol. The van der Waals surface area contributed by atoms with E-state index in [1.807, 2.05) is 36.9 Å². The number of aromatic nitrogens is 3. The van der Waals surface area contributed by atoms with Crippen LogP contribution in [0, 0.1) is 26.7 Å². The van der Waals surface area contributed by atoms with Crippen LogP contribution in [0.15, 0.2) is 53.7 Å². The Labute approximate surface area is 196 Å². The number of hydrogen-bond donors (Lipinski definition) is 2. The van der Waals surface area contributed by atoms with Crippen LogP contribution in [0.2, 0.25) is 0 Å². The Morgan fingerprint density at radius 1 is 1.12 bits per heavy atom. The van der Waals surface area contributed by atoms with Crippen LogP contribution in [-0.4, -0.2) is 40.9 Å². The summed E-state index contributed by atoms with van der Waals surface area (Å²) in [5.41, 5.74) is 5.67. The van der Waals surface area contributed by atoms with E-state index in [4.69, 9.17) is 4.74 Å². The van der Waals surface area contributed by atoms with Gasteiger partial charge in [0.25, 0.3) is 0 Å². The van der Waals surface area contributed by atoms with Crippen LogP contribution >= 0.6 is 0 Å². The number of hydrogen-bond acceptors (Lipinski definition) is 4. The Hall–Kier alpha value is -3.19. The molecule has 33 heavy (non-hydrogen) atoms. The third-order valence-corrected chi connectivity index (χ3v) is 6.10. The number of nitrogens with zero attached hydrogens (tertiary/aromatic N) is 4. The highest BCUT2D eigenvalue weighted by atomic mass is 16.5. The predicted molar refractivity (Wildman–Crippen MR) is 132 cm³/mol. The Morgan fingerprint density at radius 2 is 1.94 bits per heavy atom. The fourth-order valence-electron chi connectivity index (χ4n) is 4.32. The maximum absolute atomic E-state index is 6.15. The molecule has 1 saturated heterocycles. The van der Waals surface area contributed by atoms with Crippen LogP contribution < -0.4 is 10.6 Å². The van der Waals surface area contributed by atoms with Crippen molar-refractivity contribution in [3.05, 3.63) is 76.7 Å². The van der Waals surface area contributed by atoms with Crippen molar-refractivity contribution >= 4 is 5.96 Å². The summed E-state index contributed by atoms with van der Waals surface area (Å²) >= 11 is 0. The van der Waals surface area contributed by atoms with Crippen molar-refractivity contribution in [3.8, 4) is 5.82 Å². The lowest BCUT2D eigenvalue weighted by Crippen LogP contribution is -2.41. The molecule has 2 unspecified atom stereocenters. The van der Waals surface area contributed by atoms with E-state index in [2.05, 4.69) is 63.0 Å². The highest BCUT2D eigenvalue weighted by molar-refractivity contribution is 5.79. The smallest absolute Gasteiger partial charge is 0.191 e. The standard InChI is InChI=1S/C26H34N6O/c1-18-7-10-22(11-8-18)25-23(6-5-13-33-25)17-30-26(27-4)29-16-21-9-12-24(28-15-21)32-20(3)14-19(2)31-32/h7-12,14-15,23,25H,5-6,13,16-17H2,1-4H3,(H2,27,29,30). The maximum atomic E-state index is 6.15. The molecule has 7 nitrogen and oxygen atoms in total. The summed E-state index contributed by atoms with van der Waals surface area (Å²) in [6.45, 7) is 8.42. The molecule has 1 aliphatic rings. The Bertz CT molecular complexity index is 1070. The van der Waals surface area contributed by atoms with Crippen LogP contribution in [0.5, 0.6) is 0 Å². The fraction of sp³-hybridized carbons (Fsp3) is 0.423. The van der Waals surface area contributed by atoms with Gasteiger partial charge < -0.3 is 15.4 Å². The first-order valence-electron chi connectivity index (χ1n) is 11.6. The van der Waals surface area contributed by atoms with Gasteiger partial charge in [-0.25, -0.2) is 9.67 Å². The van der Waals surface area contributed by atoms with Gasteiger partial charge in [0.15, 0.2) is 11.8 Å². The summed E-state index contributed by atoms with van der Waals surface area (Å²) in [5.74, 6) is 2.01. The van der Waals surface area contributed by atoms with Gasteiger partial charge in [0.2, 0.25) is 0 Å². The summed E-state index contributed by atoms with van der Waals surface area (Å²) in [6, 6.07) is 14.8. The third-order valence-electron chi connectivity index (χ3n) is 6.10. The topological polar surface area (TPSA) is 76.4 Å². The normalized spacial score (nSPS) is 18.8. The number of guanidine groups is 1. The first kappa shape index (κ1) is 23.0. The number of benzene rings is 1. The van der Waals surface area contributed by atoms with Crippen LogP contribution in [0.4, 0.5) is 0 Å². The quantitative estimate of drug-likeness (QED) is 0.442. The number of nitrogens with one attached hydrogen (secondary N) is 2. The van der Waals surface area contributed by atoms with E-state index in [1.165, 1.54) is 11.1 Å². The molecule has 0 bridgehead atoms. The predicted octanol–water partition coefficient (Wildman–Crippen LogP) is 4.03. The Morgan fingerprint density at radius 3 is 2.61 bits per heavy atom. The average molecular weight is 447 g/mol. The minimum atomic E-state index is 0.121. The minimum Gasteiger partial charge on any atom is -0.373 e. The number of aryl methyl sites for hydroxylation is 3.